The van der Waals surface area contributed by atoms with Crippen molar-refractivity contribution >= 4 is 11.3 Å². The number of hydrogen-bond donors (Lipinski definition) is 1. The third kappa shape index (κ3) is 2.91. The van der Waals surface area contributed by atoms with E-state index in [4.69, 9.17) is 15.2 Å². The minimum Gasteiger partial charge on any atom is -0.496 e. The van der Waals surface area contributed by atoms with Gasteiger partial charge in [0.2, 0.25) is 0 Å². The molecule has 2 N–H and O–H groups in total. The van der Waals surface area contributed by atoms with E-state index in [1.807, 2.05) is 35.7 Å². The van der Waals surface area contributed by atoms with Crippen molar-refractivity contribution in [1.29, 1.82) is 0 Å². The SMILES string of the molecule is COc1csc(C(N)c2ccc(OC3CC3)cc2)c1. The zero-order chi connectivity index (χ0) is 13.2. The summed E-state index contributed by atoms with van der Waals surface area (Å²) in [5, 5.41) is 1.97. The molecule has 1 aromatic heterocycles. The average Bonchev–Trinajstić information content (AvgIpc) is 3.12. The molecular formula is C15H17NO2S. The van der Waals surface area contributed by atoms with E-state index >= 15 is 0 Å². The standard InChI is InChI=1S/C15H17NO2S/c1-17-13-8-14(19-9-13)15(16)10-2-4-11(5-3-10)18-12-6-7-12/h2-5,8-9,12,15H,6-7,16H2,1H3. The van der Waals surface area contributed by atoms with Gasteiger partial charge in [0.25, 0.3) is 0 Å². The van der Waals surface area contributed by atoms with Crippen molar-refractivity contribution in [3.8, 4) is 11.5 Å². The highest BCUT2D eigenvalue weighted by atomic mass is 32.1. The van der Waals surface area contributed by atoms with Crippen molar-refractivity contribution in [1.82, 2.24) is 0 Å². The second-order valence-corrected chi connectivity index (χ2v) is 5.70. The van der Waals surface area contributed by atoms with Crippen LogP contribution < -0.4 is 15.2 Å². The van der Waals surface area contributed by atoms with Gasteiger partial charge in [-0.05, 0) is 36.6 Å². The molecule has 100 valence electrons. The van der Waals surface area contributed by atoms with Crippen LogP contribution in [0, 0.1) is 0 Å². The van der Waals surface area contributed by atoms with Crippen LogP contribution >= 0.6 is 11.3 Å². The molecule has 3 rings (SSSR count). The number of benzene rings is 1. The average molecular weight is 275 g/mol. The summed E-state index contributed by atoms with van der Waals surface area (Å²) >= 11 is 1.62. The van der Waals surface area contributed by atoms with E-state index in [-0.39, 0.29) is 6.04 Å². The summed E-state index contributed by atoms with van der Waals surface area (Å²) in [4.78, 5) is 1.10. The van der Waals surface area contributed by atoms with Crippen LogP contribution in [-0.4, -0.2) is 13.2 Å². The molecule has 1 atom stereocenters. The first-order chi connectivity index (χ1) is 9.26. The Labute approximate surface area is 117 Å². The second-order valence-electron chi connectivity index (χ2n) is 4.75. The van der Waals surface area contributed by atoms with Crippen LogP contribution in [0.4, 0.5) is 0 Å². The predicted molar refractivity (Wildman–Crippen MR) is 77.0 cm³/mol. The molecule has 0 bridgehead atoms. The van der Waals surface area contributed by atoms with Crippen LogP contribution in [0.25, 0.3) is 0 Å². The van der Waals surface area contributed by atoms with Gasteiger partial charge in [-0.25, -0.2) is 0 Å². The van der Waals surface area contributed by atoms with Crippen molar-refractivity contribution < 1.29 is 9.47 Å². The first-order valence-corrected chi connectivity index (χ1v) is 7.29. The number of thiophene rings is 1. The van der Waals surface area contributed by atoms with Crippen molar-refractivity contribution in [3.05, 3.63) is 46.2 Å². The Balaban J connectivity index is 1.73. The zero-order valence-electron chi connectivity index (χ0n) is 10.8. The lowest BCUT2D eigenvalue weighted by molar-refractivity contribution is 0.303. The molecule has 1 saturated carbocycles. The normalized spacial score (nSPS) is 16.1. The Morgan fingerprint density at radius 1 is 1.21 bits per heavy atom. The molecule has 1 heterocycles. The summed E-state index contributed by atoms with van der Waals surface area (Å²) in [5.74, 6) is 1.80. The Morgan fingerprint density at radius 3 is 2.53 bits per heavy atom. The van der Waals surface area contributed by atoms with Gasteiger partial charge < -0.3 is 15.2 Å². The molecule has 0 saturated heterocycles. The molecule has 1 fully saturated rings. The summed E-state index contributed by atoms with van der Waals surface area (Å²) in [7, 11) is 1.67. The first kappa shape index (κ1) is 12.5. The molecule has 0 aliphatic heterocycles. The molecule has 0 amide bonds. The van der Waals surface area contributed by atoms with Gasteiger partial charge in [0.05, 0.1) is 19.3 Å². The molecule has 1 aliphatic rings. The van der Waals surface area contributed by atoms with Gasteiger partial charge in [-0.1, -0.05) is 12.1 Å². The maximum absolute atomic E-state index is 6.26. The quantitative estimate of drug-likeness (QED) is 0.910. The fourth-order valence-electron chi connectivity index (χ4n) is 1.90. The number of nitrogens with two attached hydrogens (primary N) is 1. The van der Waals surface area contributed by atoms with Crippen LogP contribution in [0.15, 0.2) is 35.7 Å². The minimum atomic E-state index is -0.108. The summed E-state index contributed by atoms with van der Waals surface area (Å²) < 4.78 is 10.9. The highest BCUT2D eigenvalue weighted by Gasteiger charge is 2.23. The van der Waals surface area contributed by atoms with Gasteiger partial charge in [-0.3, -0.25) is 0 Å². The lowest BCUT2D eigenvalue weighted by Crippen LogP contribution is -2.10. The van der Waals surface area contributed by atoms with Crippen LogP contribution in [-0.2, 0) is 0 Å². The molecule has 0 spiro atoms. The third-order valence-electron chi connectivity index (χ3n) is 3.20. The highest BCUT2D eigenvalue weighted by Crippen LogP contribution is 2.31. The molecule has 4 heteroatoms. The number of rotatable bonds is 5. The largest absolute Gasteiger partial charge is 0.496 e. The van der Waals surface area contributed by atoms with Crippen LogP contribution in [0.3, 0.4) is 0 Å². The second kappa shape index (κ2) is 5.23. The molecular weight excluding hydrogens is 258 g/mol. The number of ether oxygens (including phenoxy) is 2. The molecule has 1 aliphatic carbocycles. The summed E-state index contributed by atoms with van der Waals surface area (Å²) in [6, 6.07) is 9.95. The van der Waals surface area contributed by atoms with Crippen molar-refractivity contribution in [3.63, 3.8) is 0 Å². The van der Waals surface area contributed by atoms with E-state index in [0.717, 1.165) is 21.9 Å². The van der Waals surface area contributed by atoms with Crippen molar-refractivity contribution in [2.75, 3.05) is 7.11 Å². The summed E-state index contributed by atoms with van der Waals surface area (Å²) in [5.41, 5.74) is 7.35. The molecule has 1 aromatic carbocycles. The van der Waals surface area contributed by atoms with E-state index in [1.165, 1.54) is 12.8 Å². The lowest BCUT2D eigenvalue weighted by Gasteiger charge is -2.11. The fourth-order valence-corrected chi connectivity index (χ4v) is 2.78. The Bertz CT molecular complexity index is 546. The smallest absolute Gasteiger partial charge is 0.129 e. The van der Waals surface area contributed by atoms with Gasteiger partial charge in [-0.2, -0.15) is 0 Å². The van der Waals surface area contributed by atoms with E-state index in [1.54, 1.807) is 18.4 Å². The Morgan fingerprint density at radius 2 is 1.95 bits per heavy atom. The van der Waals surface area contributed by atoms with Gasteiger partial charge in [0.15, 0.2) is 0 Å². The minimum absolute atomic E-state index is 0.108. The van der Waals surface area contributed by atoms with E-state index in [0.29, 0.717) is 6.10 Å². The number of hydrogen-bond acceptors (Lipinski definition) is 4. The van der Waals surface area contributed by atoms with Crippen LogP contribution in [0.2, 0.25) is 0 Å². The highest BCUT2D eigenvalue weighted by molar-refractivity contribution is 7.10. The molecule has 3 nitrogen and oxygen atoms in total. The van der Waals surface area contributed by atoms with E-state index in [2.05, 4.69) is 0 Å². The van der Waals surface area contributed by atoms with Gasteiger partial charge >= 0.3 is 0 Å². The molecule has 19 heavy (non-hydrogen) atoms. The lowest BCUT2D eigenvalue weighted by atomic mass is 10.1. The van der Waals surface area contributed by atoms with Crippen LogP contribution in [0.1, 0.15) is 29.3 Å². The topological polar surface area (TPSA) is 44.5 Å². The van der Waals surface area contributed by atoms with E-state index in [9.17, 15) is 0 Å². The Kier molecular flexibility index (Phi) is 3.44. The van der Waals surface area contributed by atoms with Crippen molar-refractivity contribution in [2.24, 2.45) is 5.73 Å². The monoisotopic (exact) mass is 275 g/mol. The summed E-state index contributed by atoms with van der Waals surface area (Å²) in [6.07, 6.45) is 2.79. The molecule has 1 unspecified atom stereocenters. The molecule has 0 radical (unpaired) electrons. The number of methoxy groups -OCH3 is 1. The third-order valence-corrected chi connectivity index (χ3v) is 4.20. The summed E-state index contributed by atoms with van der Waals surface area (Å²) in [6.45, 7) is 0. The maximum atomic E-state index is 6.26. The fraction of sp³-hybridized carbons (Fsp3) is 0.333. The first-order valence-electron chi connectivity index (χ1n) is 6.41. The van der Waals surface area contributed by atoms with Gasteiger partial charge in [0, 0.05) is 10.3 Å². The van der Waals surface area contributed by atoms with Gasteiger partial charge in [-0.15, -0.1) is 11.3 Å². The van der Waals surface area contributed by atoms with Crippen LogP contribution in [0.5, 0.6) is 11.5 Å². The zero-order valence-corrected chi connectivity index (χ0v) is 11.7. The van der Waals surface area contributed by atoms with E-state index < -0.39 is 0 Å². The molecule has 2 aromatic rings. The van der Waals surface area contributed by atoms with Crippen molar-refractivity contribution in [2.45, 2.75) is 25.0 Å². The predicted octanol–water partition coefficient (Wildman–Crippen LogP) is 3.35. The Hall–Kier alpha value is -1.52. The maximum Gasteiger partial charge on any atom is 0.129 e. The van der Waals surface area contributed by atoms with Gasteiger partial charge in [0.1, 0.15) is 11.5 Å².